The second-order valence-corrected chi connectivity index (χ2v) is 5.01. The van der Waals surface area contributed by atoms with Crippen molar-refractivity contribution in [2.75, 3.05) is 19.0 Å². The van der Waals surface area contributed by atoms with E-state index in [1.807, 2.05) is 31.2 Å². The molecule has 1 aromatic carbocycles. The van der Waals surface area contributed by atoms with E-state index in [0.29, 0.717) is 22.3 Å². The van der Waals surface area contributed by atoms with Gasteiger partial charge in [-0.05, 0) is 26.0 Å². The Bertz CT molecular complexity index is 610. The van der Waals surface area contributed by atoms with Crippen LogP contribution in [0.15, 0.2) is 24.3 Å². The van der Waals surface area contributed by atoms with E-state index < -0.39 is 0 Å². The van der Waals surface area contributed by atoms with E-state index in [9.17, 15) is 4.79 Å². The number of thiazole rings is 1. The zero-order valence-corrected chi connectivity index (χ0v) is 12.4. The van der Waals surface area contributed by atoms with Crippen LogP contribution >= 0.6 is 11.3 Å². The van der Waals surface area contributed by atoms with E-state index in [0.717, 1.165) is 11.4 Å². The molecular weight excluding hydrogens is 276 g/mol. The van der Waals surface area contributed by atoms with Gasteiger partial charge in [0.25, 0.3) is 0 Å². The highest BCUT2D eigenvalue weighted by atomic mass is 32.1. The number of ether oxygens (including phenoxy) is 2. The van der Waals surface area contributed by atoms with Gasteiger partial charge in [0.05, 0.1) is 19.4 Å². The number of esters is 1. The molecule has 0 amide bonds. The Labute approximate surface area is 121 Å². The maximum Gasteiger partial charge on any atom is 0.350 e. The monoisotopic (exact) mass is 292 g/mol. The number of nitrogens with one attached hydrogen (secondary N) is 1. The smallest absolute Gasteiger partial charge is 0.350 e. The largest absolute Gasteiger partial charge is 0.494 e. The number of nitrogens with zero attached hydrogens (tertiary/aromatic N) is 1. The van der Waals surface area contributed by atoms with Gasteiger partial charge in [-0.3, -0.25) is 0 Å². The summed E-state index contributed by atoms with van der Waals surface area (Å²) in [6.45, 7) is 4.34. The first-order valence-electron chi connectivity index (χ1n) is 6.19. The van der Waals surface area contributed by atoms with Gasteiger partial charge in [-0.25, -0.2) is 9.78 Å². The average molecular weight is 292 g/mol. The van der Waals surface area contributed by atoms with Crippen LogP contribution in [-0.4, -0.2) is 24.7 Å². The van der Waals surface area contributed by atoms with Crippen molar-refractivity contribution in [2.45, 2.75) is 13.8 Å². The number of methoxy groups -OCH3 is 1. The van der Waals surface area contributed by atoms with Crippen LogP contribution in [0.25, 0.3) is 0 Å². The van der Waals surface area contributed by atoms with Crippen LogP contribution in [0.4, 0.5) is 10.8 Å². The molecule has 0 aliphatic carbocycles. The molecule has 0 bridgehead atoms. The maximum absolute atomic E-state index is 11.5. The predicted octanol–water partition coefficient (Wildman–Crippen LogP) is 3.38. The Morgan fingerprint density at radius 3 is 2.95 bits per heavy atom. The minimum Gasteiger partial charge on any atom is -0.494 e. The van der Waals surface area contributed by atoms with Crippen molar-refractivity contribution in [1.82, 2.24) is 4.98 Å². The van der Waals surface area contributed by atoms with Gasteiger partial charge in [0, 0.05) is 11.8 Å². The number of benzene rings is 1. The summed E-state index contributed by atoms with van der Waals surface area (Å²) >= 11 is 1.27. The van der Waals surface area contributed by atoms with E-state index in [1.54, 1.807) is 6.92 Å². The van der Waals surface area contributed by atoms with Crippen LogP contribution in [0, 0.1) is 6.92 Å². The van der Waals surface area contributed by atoms with Gasteiger partial charge in [-0.2, -0.15) is 0 Å². The molecule has 0 aliphatic heterocycles. The van der Waals surface area contributed by atoms with Crippen molar-refractivity contribution in [3.05, 3.63) is 34.8 Å². The molecule has 1 heterocycles. The van der Waals surface area contributed by atoms with Crippen LogP contribution in [0.1, 0.15) is 22.3 Å². The number of hydrogen-bond donors (Lipinski definition) is 1. The lowest BCUT2D eigenvalue weighted by Crippen LogP contribution is -1.99. The molecule has 0 spiro atoms. The lowest BCUT2D eigenvalue weighted by Gasteiger charge is -2.06. The zero-order chi connectivity index (χ0) is 14.5. The Morgan fingerprint density at radius 2 is 2.25 bits per heavy atom. The standard InChI is InChI=1S/C14H16N2O3S/c1-4-19-11-7-5-6-10(8-11)16-14-15-9(2)12(20-14)13(17)18-3/h5-8H,4H2,1-3H3,(H,15,16). The lowest BCUT2D eigenvalue weighted by atomic mass is 10.3. The van der Waals surface area contributed by atoms with E-state index in [4.69, 9.17) is 9.47 Å². The fourth-order valence-corrected chi connectivity index (χ4v) is 2.59. The van der Waals surface area contributed by atoms with Gasteiger partial charge in [-0.1, -0.05) is 17.4 Å². The van der Waals surface area contributed by atoms with Crippen molar-refractivity contribution in [3.63, 3.8) is 0 Å². The fourth-order valence-electron chi connectivity index (χ4n) is 1.69. The van der Waals surface area contributed by atoms with Gasteiger partial charge >= 0.3 is 5.97 Å². The summed E-state index contributed by atoms with van der Waals surface area (Å²) in [6.07, 6.45) is 0. The summed E-state index contributed by atoms with van der Waals surface area (Å²) in [7, 11) is 1.36. The van der Waals surface area contributed by atoms with Crippen molar-refractivity contribution < 1.29 is 14.3 Å². The van der Waals surface area contributed by atoms with Crippen molar-refractivity contribution in [3.8, 4) is 5.75 Å². The Kier molecular flexibility index (Phi) is 4.57. The van der Waals surface area contributed by atoms with Gasteiger partial charge in [0.1, 0.15) is 10.6 Å². The van der Waals surface area contributed by atoms with Crippen LogP contribution in [0.5, 0.6) is 5.75 Å². The highest BCUT2D eigenvalue weighted by Gasteiger charge is 2.15. The van der Waals surface area contributed by atoms with Crippen LogP contribution in [0.2, 0.25) is 0 Å². The molecule has 5 nitrogen and oxygen atoms in total. The summed E-state index contributed by atoms with van der Waals surface area (Å²) in [4.78, 5) is 16.4. The number of carbonyl (C=O) groups excluding carboxylic acids is 1. The lowest BCUT2D eigenvalue weighted by molar-refractivity contribution is 0.0605. The maximum atomic E-state index is 11.5. The third-order valence-corrected chi connectivity index (χ3v) is 3.62. The molecular formula is C14H16N2O3S. The first-order chi connectivity index (χ1) is 9.63. The summed E-state index contributed by atoms with van der Waals surface area (Å²) in [6, 6.07) is 7.59. The molecule has 1 N–H and O–H groups in total. The first kappa shape index (κ1) is 14.3. The van der Waals surface area contributed by atoms with E-state index >= 15 is 0 Å². The minimum atomic E-state index is -0.365. The topological polar surface area (TPSA) is 60.5 Å². The third-order valence-electron chi connectivity index (χ3n) is 2.56. The highest BCUT2D eigenvalue weighted by molar-refractivity contribution is 7.17. The number of hydrogen-bond acceptors (Lipinski definition) is 6. The van der Waals surface area contributed by atoms with E-state index in [-0.39, 0.29) is 5.97 Å². The molecule has 2 rings (SSSR count). The Hall–Kier alpha value is -2.08. The normalized spacial score (nSPS) is 10.2. The van der Waals surface area contributed by atoms with Gasteiger partial charge in [-0.15, -0.1) is 0 Å². The molecule has 0 atom stereocenters. The molecule has 2 aromatic rings. The molecule has 0 saturated heterocycles. The van der Waals surface area contributed by atoms with Crippen molar-refractivity contribution >= 4 is 28.1 Å². The number of carbonyl (C=O) groups is 1. The Balaban J connectivity index is 2.18. The van der Waals surface area contributed by atoms with Gasteiger partial charge in [0.2, 0.25) is 0 Å². The summed E-state index contributed by atoms with van der Waals surface area (Å²) in [5.74, 6) is 0.426. The molecule has 1 aromatic heterocycles. The minimum absolute atomic E-state index is 0.365. The molecule has 0 radical (unpaired) electrons. The quantitative estimate of drug-likeness (QED) is 0.856. The summed E-state index contributed by atoms with van der Waals surface area (Å²) < 4.78 is 10.2. The van der Waals surface area contributed by atoms with Gasteiger partial charge < -0.3 is 14.8 Å². The zero-order valence-electron chi connectivity index (χ0n) is 11.6. The van der Waals surface area contributed by atoms with E-state index in [2.05, 4.69) is 10.3 Å². The average Bonchev–Trinajstić information content (AvgIpc) is 2.79. The number of rotatable bonds is 5. The second kappa shape index (κ2) is 6.38. The Morgan fingerprint density at radius 1 is 1.45 bits per heavy atom. The molecule has 0 fully saturated rings. The van der Waals surface area contributed by atoms with Crippen LogP contribution < -0.4 is 10.1 Å². The SMILES string of the molecule is CCOc1cccc(Nc2nc(C)c(C(=O)OC)s2)c1. The summed E-state index contributed by atoms with van der Waals surface area (Å²) in [5, 5.41) is 3.81. The number of aryl methyl sites for hydroxylation is 1. The predicted molar refractivity (Wildman–Crippen MR) is 79.1 cm³/mol. The van der Waals surface area contributed by atoms with Crippen molar-refractivity contribution in [1.29, 1.82) is 0 Å². The molecule has 0 unspecified atom stereocenters. The van der Waals surface area contributed by atoms with Crippen LogP contribution in [-0.2, 0) is 4.74 Å². The fraction of sp³-hybridized carbons (Fsp3) is 0.286. The van der Waals surface area contributed by atoms with Gasteiger partial charge in [0.15, 0.2) is 5.13 Å². The number of anilines is 2. The number of aromatic nitrogens is 1. The van der Waals surface area contributed by atoms with E-state index in [1.165, 1.54) is 18.4 Å². The molecule has 0 aliphatic rings. The molecule has 6 heteroatoms. The van der Waals surface area contributed by atoms with Crippen molar-refractivity contribution in [2.24, 2.45) is 0 Å². The second-order valence-electron chi connectivity index (χ2n) is 4.01. The summed E-state index contributed by atoms with van der Waals surface area (Å²) in [5.41, 5.74) is 1.52. The third kappa shape index (κ3) is 3.27. The van der Waals surface area contributed by atoms with Crippen LogP contribution in [0.3, 0.4) is 0 Å². The first-order valence-corrected chi connectivity index (χ1v) is 7.01. The molecule has 20 heavy (non-hydrogen) atoms. The highest BCUT2D eigenvalue weighted by Crippen LogP contribution is 2.27. The molecule has 106 valence electrons. The molecule has 0 saturated carbocycles.